The van der Waals surface area contributed by atoms with Gasteiger partial charge in [-0.1, -0.05) is 42.1 Å². The molecule has 3 rings (SSSR count). The lowest BCUT2D eigenvalue weighted by atomic mass is 9.99. The molecule has 2 aromatic rings. The highest BCUT2D eigenvalue weighted by Crippen LogP contribution is 2.51. The lowest BCUT2D eigenvalue weighted by Crippen LogP contribution is -2.45. The lowest BCUT2D eigenvalue weighted by molar-refractivity contribution is -0.144. The number of carbonyl (C=O) groups excluding carboxylic acids is 2. The Bertz CT molecular complexity index is 1150. The van der Waals surface area contributed by atoms with Crippen molar-refractivity contribution < 1.29 is 23.1 Å². The molecule has 0 aromatic heterocycles. The highest BCUT2D eigenvalue weighted by Gasteiger charge is 2.49. The first-order chi connectivity index (χ1) is 16.7. The Labute approximate surface area is 206 Å². The van der Waals surface area contributed by atoms with Crippen LogP contribution in [0.25, 0.3) is 0 Å². The molecule has 1 heterocycles. The Kier molecular flexibility index (Phi) is 8.57. The molecule has 1 aliphatic rings. The molecule has 0 radical (unpaired) electrons. The summed E-state index contributed by atoms with van der Waals surface area (Å²) in [5.74, 6) is -2.05. The fourth-order valence-corrected chi connectivity index (χ4v) is 5.01. The Hall–Kier alpha value is -3.31. The van der Waals surface area contributed by atoms with E-state index in [0.29, 0.717) is 12.8 Å². The number of nitrogens with one attached hydrogen (secondary N) is 1. The van der Waals surface area contributed by atoms with Gasteiger partial charge in [-0.05, 0) is 43.5 Å². The predicted molar refractivity (Wildman–Crippen MR) is 131 cm³/mol. The summed E-state index contributed by atoms with van der Waals surface area (Å²) in [5, 5.41) is 8.34. The highest BCUT2D eigenvalue weighted by molar-refractivity contribution is 8.15. The number of carbonyl (C=O) groups is 2. The van der Waals surface area contributed by atoms with Gasteiger partial charge in [0.2, 0.25) is 5.91 Å². The molecule has 2 unspecified atom stereocenters. The van der Waals surface area contributed by atoms with Gasteiger partial charge in [-0.2, -0.15) is 5.10 Å². The predicted octanol–water partition coefficient (Wildman–Crippen LogP) is 3.32. The van der Waals surface area contributed by atoms with Gasteiger partial charge in [0.15, 0.2) is 5.96 Å². The van der Waals surface area contributed by atoms with E-state index in [1.165, 1.54) is 19.0 Å². The van der Waals surface area contributed by atoms with E-state index < -0.39 is 28.5 Å². The summed E-state index contributed by atoms with van der Waals surface area (Å²) in [6.45, 7) is 3.18. The van der Waals surface area contributed by atoms with Crippen LogP contribution in [0.3, 0.4) is 0 Å². The largest absolute Gasteiger partial charge is 0.372 e. The number of halogens is 2. The first-order valence-corrected chi connectivity index (χ1v) is 11.7. The molecule has 0 saturated carbocycles. The zero-order valence-corrected chi connectivity index (χ0v) is 20.4. The van der Waals surface area contributed by atoms with Crippen LogP contribution in [0.2, 0.25) is 0 Å². The van der Waals surface area contributed by atoms with E-state index in [1.54, 1.807) is 6.92 Å². The monoisotopic (exact) mass is 503 g/mol. The minimum Gasteiger partial charge on any atom is -0.372 e. The van der Waals surface area contributed by atoms with Crippen LogP contribution in [-0.4, -0.2) is 47.6 Å². The van der Waals surface area contributed by atoms with Crippen molar-refractivity contribution >= 4 is 34.6 Å². The SMILES string of the molecule is COC(C)C(=O)N1N=C(c2cc(F)ccc2F)SC1(CCCN=C(N)NC(C)=O)c1ccccc1. The number of amides is 2. The van der Waals surface area contributed by atoms with Gasteiger partial charge in [-0.15, -0.1) is 0 Å². The summed E-state index contributed by atoms with van der Waals surface area (Å²) in [6, 6.07) is 12.3. The van der Waals surface area contributed by atoms with Gasteiger partial charge in [0.05, 0.1) is 0 Å². The van der Waals surface area contributed by atoms with Crippen LogP contribution in [0, 0.1) is 11.6 Å². The summed E-state index contributed by atoms with van der Waals surface area (Å²) < 4.78 is 33.9. The zero-order valence-electron chi connectivity index (χ0n) is 19.6. The number of rotatable bonds is 8. The molecule has 0 fully saturated rings. The van der Waals surface area contributed by atoms with Crippen molar-refractivity contribution in [2.24, 2.45) is 15.8 Å². The number of hydrogen-bond donors (Lipinski definition) is 2. The van der Waals surface area contributed by atoms with Crippen molar-refractivity contribution in [3.8, 4) is 0 Å². The number of ether oxygens (including phenoxy) is 1. The first kappa shape index (κ1) is 26.3. The standard InChI is InChI=1S/C24H27F2N5O3S/c1-15(34-3)22(33)31-24(17-8-5-4-6-9-17,12-7-13-28-23(27)29-16(2)32)35-21(30-31)19-14-18(25)10-11-20(19)26/h4-6,8-11,14-15H,7,12-13H2,1-3H3,(H3,27,28,29,32). The van der Waals surface area contributed by atoms with Crippen molar-refractivity contribution in [2.45, 2.75) is 37.7 Å². The molecule has 2 amide bonds. The minimum atomic E-state index is -1.07. The Morgan fingerprint density at radius 3 is 2.63 bits per heavy atom. The molecule has 186 valence electrons. The van der Waals surface area contributed by atoms with E-state index >= 15 is 0 Å². The highest BCUT2D eigenvalue weighted by atomic mass is 32.2. The Morgan fingerprint density at radius 2 is 1.97 bits per heavy atom. The Morgan fingerprint density at radius 1 is 1.26 bits per heavy atom. The summed E-state index contributed by atoms with van der Waals surface area (Å²) in [6.07, 6.45) is -0.0283. The van der Waals surface area contributed by atoms with Crippen molar-refractivity contribution in [3.63, 3.8) is 0 Å². The molecule has 1 aliphatic heterocycles. The van der Waals surface area contributed by atoms with Crippen molar-refractivity contribution in [2.75, 3.05) is 13.7 Å². The van der Waals surface area contributed by atoms with E-state index in [0.717, 1.165) is 35.5 Å². The van der Waals surface area contributed by atoms with E-state index in [2.05, 4.69) is 15.4 Å². The van der Waals surface area contributed by atoms with E-state index in [4.69, 9.17) is 10.5 Å². The number of guanidine groups is 1. The van der Waals surface area contributed by atoms with Crippen LogP contribution in [0.15, 0.2) is 58.6 Å². The fraction of sp³-hybridized carbons (Fsp3) is 0.333. The maximum absolute atomic E-state index is 14.7. The number of benzene rings is 2. The number of thioether (sulfide) groups is 1. The molecule has 0 aliphatic carbocycles. The molecule has 35 heavy (non-hydrogen) atoms. The minimum absolute atomic E-state index is 0.00922. The van der Waals surface area contributed by atoms with Crippen LogP contribution in [-0.2, 0) is 19.2 Å². The van der Waals surface area contributed by atoms with Crippen LogP contribution in [0.1, 0.15) is 37.8 Å². The number of nitrogens with two attached hydrogens (primary N) is 1. The average molecular weight is 504 g/mol. The first-order valence-electron chi connectivity index (χ1n) is 10.9. The normalized spacial score (nSPS) is 18.8. The maximum Gasteiger partial charge on any atom is 0.273 e. The number of hydrogen-bond acceptors (Lipinski definition) is 6. The summed E-state index contributed by atoms with van der Waals surface area (Å²) in [5.41, 5.74) is 6.42. The molecular formula is C24H27F2N5O3S. The molecule has 8 nitrogen and oxygen atoms in total. The second-order valence-corrected chi connectivity index (χ2v) is 9.13. The lowest BCUT2D eigenvalue weighted by Gasteiger charge is -2.36. The summed E-state index contributed by atoms with van der Waals surface area (Å²) >= 11 is 1.16. The van der Waals surface area contributed by atoms with Crippen LogP contribution < -0.4 is 11.1 Å². The number of aliphatic imine (C=N–C) groups is 1. The number of methoxy groups -OCH3 is 1. The molecule has 2 aromatic carbocycles. The van der Waals surface area contributed by atoms with Gasteiger partial charge in [0.25, 0.3) is 5.91 Å². The number of hydrazone groups is 1. The van der Waals surface area contributed by atoms with Gasteiger partial charge < -0.3 is 10.5 Å². The molecule has 11 heteroatoms. The third-order valence-electron chi connectivity index (χ3n) is 5.35. The van der Waals surface area contributed by atoms with Crippen LogP contribution in [0.5, 0.6) is 0 Å². The topological polar surface area (TPSA) is 109 Å². The Balaban J connectivity index is 2.03. The van der Waals surface area contributed by atoms with Gasteiger partial charge in [-0.3, -0.25) is 19.9 Å². The second kappa shape index (κ2) is 11.4. The average Bonchev–Trinajstić information content (AvgIpc) is 3.23. The third-order valence-corrected chi connectivity index (χ3v) is 6.80. The fourth-order valence-electron chi connectivity index (χ4n) is 3.58. The van der Waals surface area contributed by atoms with Crippen molar-refractivity contribution in [3.05, 3.63) is 71.3 Å². The molecule has 2 atom stereocenters. The van der Waals surface area contributed by atoms with Gasteiger partial charge in [-0.25, -0.2) is 13.8 Å². The zero-order chi connectivity index (χ0) is 25.6. The quantitative estimate of drug-likeness (QED) is 0.326. The number of nitrogens with zero attached hydrogens (tertiary/aromatic N) is 3. The molecule has 0 bridgehead atoms. The van der Waals surface area contributed by atoms with Gasteiger partial charge in [0, 0.05) is 26.1 Å². The maximum atomic E-state index is 14.7. The van der Waals surface area contributed by atoms with Gasteiger partial charge >= 0.3 is 0 Å². The van der Waals surface area contributed by atoms with Crippen molar-refractivity contribution in [1.29, 1.82) is 0 Å². The van der Waals surface area contributed by atoms with Crippen molar-refractivity contribution in [1.82, 2.24) is 10.3 Å². The van der Waals surface area contributed by atoms with Gasteiger partial charge in [0.1, 0.15) is 27.7 Å². The van der Waals surface area contributed by atoms with E-state index in [1.807, 2.05) is 30.3 Å². The van der Waals surface area contributed by atoms with Crippen LogP contribution >= 0.6 is 11.8 Å². The smallest absolute Gasteiger partial charge is 0.273 e. The summed E-state index contributed by atoms with van der Waals surface area (Å²) in [4.78, 5) is 27.6. The third kappa shape index (κ3) is 6.04. The second-order valence-electron chi connectivity index (χ2n) is 7.86. The molecule has 0 spiro atoms. The molecule has 3 N–H and O–H groups in total. The summed E-state index contributed by atoms with van der Waals surface area (Å²) in [7, 11) is 1.41. The van der Waals surface area contributed by atoms with E-state index in [-0.39, 0.29) is 29.0 Å². The molecule has 0 saturated heterocycles. The molecular weight excluding hydrogens is 476 g/mol. The van der Waals surface area contributed by atoms with Crippen LogP contribution in [0.4, 0.5) is 8.78 Å². The van der Waals surface area contributed by atoms with E-state index in [9.17, 15) is 18.4 Å².